The quantitative estimate of drug-likeness (QED) is 0.620. The van der Waals surface area contributed by atoms with Gasteiger partial charge in [0.05, 0.1) is 15.6 Å². The number of non-ortho nitro benzene ring substituents is 1. The Hall–Kier alpha value is -2.60. The van der Waals surface area contributed by atoms with Gasteiger partial charge in [-0.1, -0.05) is 37.6 Å². The molecule has 2 aromatic carbocycles. The van der Waals surface area contributed by atoms with Gasteiger partial charge in [0.2, 0.25) is 0 Å². The lowest BCUT2D eigenvalue weighted by molar-refractivity contribution is -0.384. The fourth-order valence-electron chi connectivity index (χ4n) is 2.00. The number of carbonyl (C=O) groups excluding carboxylic acids is 1. The Morgan fingerprint density at radius 2 is 1.92 bits per heavy atom. The SMILES string of the molecule is CC(C)c1ccc(OCC(=O)Nc2ccc([N+](=O)[O-])cc2Cl)cc1. The fourth-order valence-corrected chi connectivity index (χ4v) is 2.23. The first-order valence-electron chi connectivity index (χ1n) is 7.33. The maximum absolute atomic E-state index is 11.9. The van der Waals surface area contributed by atoms with Gasteiger partial charge in [0.1, 0.15) is 5.75 Å². The Morgan fingerprint density at radius 3 is 2.46 bits per heavy atom. The first kappa shape index (κ1) is 17.7. The summed E-state index contributed by atoms with van der Waals surface area (Å²) in [5.74, 6) is 0.606. The maximum Gasteiger partial charge on any atom is 0.271 e. The minimum atomic E-state index is -0.554. The van der Waals surface area contributed by atoms with Crippen molar-refractivity contribution in [3.05, 3.63) is 63.2 Å². The van der Waals surface area contributed by atoms with Crippen molar-refractivity contribution in [2.24, 2.45) is 0 Å². The molecule has 0 fully saturated rings. The van der Waals surface area contributed by atoms with Crippen LogP contribution in [0.4, 0.5) is 11.4 Å². The molecule has 0 saturated carbocycles. The maximum atomic E-state index is 11.9. The van der Waals surface area contributed by atoms with Crippen LogP contribution in [-0.4, -0.2) is 17.4 Å². The highest BCUT2D eigenvalue weighted by atomic mass is 35.5. The fraction of sp³-hybridized carbons (Fsp3) is 0.235. The predicted octanol–water partition coefficient (Wildman–Crippen LogP) is 4.39. The van der Waals surface area contributed by atoms with Gasteiger partial charge in [-0.3, -0.25) is 14.9 Å². The second-order valence-electron chi connectivity index (χ2n) is 5.48. The third-order valence-corrected chi connectivity index (χ3v) is 3.67. The highest BCUT2D eigenvalue weighted by molar-refractivity contribution is 6.34. The van der Waals surface area contributed by atoms with Gasteiger partial charge in [0, 0.05) is 12.1 Å². The number of benzene rings is 2. The second-order valence-corrected chi connectivity index (χ2v) is 5.89. The summed E-state index contributed by atoms with van der Waals surface area (Å²) in [6, 6.07) is 11.4. The van der Waals surface area contributed by atoms with Crippen LogP contribution in [0.2, 0.25) is 5.02 Å². The number of amides is 1. The summed E-state index contributed by atoms with van der Waals surface area (Å²) < 4.78 is 5.41. The molecule has 2 rings (SSSR count). The Bertz CT molecular complexity index is 745. The van der Waals surface area contributed by atoms with E-state index >= 15 is 0 Å². The number of rotatable bonds is 6. The number of nitro benzene ring substituents is 1. The zero-order chi connectivity index (χ0) is 17.7. The molecule has 0 aliphatic rings. The van der Waals surface area contributed by atoms with Gasteiger partial charge in [0.15, 0.2) is 6.61 Å². The molecule has 0 aliphatic carbocycles. The largest absolute Gasteiger partial charge is 0.484 e. The summed E-state index contributed by atoms with van der Waals surface area (Å²) in [6.45, 7) is 4.00. The molecule has 126 valence electrons. The number of anilines is 1. The van der Waals surface area contributed by atoms with E-state index in [0.29, 0.717) is 17.4 Å². The monoisotopic (exact) mass is 348 g/mol. The van der Waals surface area contributed by atoms with Crippen molar-refractivity contribution in [2.45, 2.75) is 19.8 Å². The third-order valence-electron chi connectivity index (χ3n) is 3.35. The highest BCUT2D eigenvalue weighted by Crippen LogP contribution is 2.26. The van der Waals surface area contributed by atoms with Crippen molar-refractivity contribution in [3.63, 3.8) is 0 Å². The molecular weight excluding hydrogens is 332 g/mol. The van der Waals surface area contributed by atoms with E-state index in [1.807, 2.05) is 24.3 Å². The van der Waals surface area contributed by atoms with E-state index in [4.69, 9.17) is 16.3 Å². The number of nitrogens with zero attached hydrogens (tertiary/aromatic N) is 1. The minimum absolute atomic E-state index is 0.0961. The first-order valence-corrected chi connectivity index (χ1v) is 7.71. The van der Waals surface area contributed by atoms with E-state index in [-0.39, 0.29) is 17.3 Å². The van der Waals surface area contributed by atoms with Gasteiger partial charge in [-0.05, 0) is 29.7 Å². The predicted molar refractivity (Wildman–Crippen MR) is 92.8 cm³/mol. The van der Waals surface area contributed by atoms with Gasteiger partial charge in [-0.25, -0.2) is 0 Å². The summed E-state index contributed by atoms with van der Waals surface area (Å²) in [7, 11) is 0. The average Bonchev–Trinajstić information content (AvgIpc) is 2.55. The van der Waals surface area contributed by atoms with Crippen molar-refractivity contribution in [1.29, 1.82) is 0 Å². The Morgan fingerprint density at radius 1 is 1.25 bits per heavy atom. The molecule has 0 aromatic heterocycles. The Balaban J connectivity index is 1.92. The van der Waals surface area contributed by atoms with Crippen molar-refractivity contribution in [2.75, 3.05) is 11.9 Å². The minimum Gasteiger partial charge on any atom is -0.484 e. The smallest absolute Gasteiger partial charge is 0.271 e. The molecule has 0 bridgehead atoms. The normalized spacial score (nSPS) is 10.5. The van der Waals surface area contributed by atoms with Crippen LogP contribution in [0.5, 0.6) is 5.75 Å². The van der Waals surface area contributed by atoms with Crippen molar-refractivity contribution in [3.8, 4) is 5.75 Å². The lowest BCUT2D eigenvalue weighted by Gasteiger charge is -2.10. The molecule has 0 aliphatic heterocycles. The lowest BCUT2D eigenvalue weighted by Crippen LogP contribution is -2.20. The average molecular weight is 349 g/mol. The molecular formula is C17H17ClN2O4. The van der Waals surface area contributed by atoms with E-state index in [2.05, 4.69) is 19.2 Å². The van der Waals surface area contributed by atoms with E-state index in [1.165, 1.54) is 23.8 Å². The number of halogens is 1. The topological polar surface area (TPSA) is 81.5 Å². The summed E-state index contributed by atoms with van der Waals surface area (Å²) in [6.07, 6.45) is 0. The zero-order valence-electron chi connectivity index (χ0n) is 13.3. The molecule has 0 saturated heterocycles. The molecule has 1 amide bonds. The van der Waals surface area contributed by atoms with Gasteiger partial charge in [-0.2, -0.15) is 0 Å². The van der Waals surface area contributed by atoms with Crippen LogP contribution in [0.15, 0.2) is 42.5 Å². The number of carbonyl (C=O) groups is 1. The number of hydrogen-bond acceptors (Lipinski definition) is 4. The number of nitrogens with one attached hydrogen (secondary N) is 1. The van der Waals surface area contributed by atoms with Gasteiger partial charge >= 0.3 is 0 Å². The lowest BCUT2D eigenvalue weighted by atomic mass is 10.0. The number of hydrogen-bond donors (Lipinski definition) is 1. The molecule has 0 atom stereocenters. The molecule has 2 aromatic rings. The van der Waals surface area contributed by atoms with Crippen molar-refractivity contribution in [1.82, 2.24) is 0 Å². The molecule has 6 nitrogen and oxygen atoms in total. The van der Waals surface area contributed by atoms with E-state index in [9.17, 15) is 14.9 Å². The van der Waals surface area contributed by atoms with Crippen molar-refractivity contribution < 1.29 is 14.5 Å². The number of ether oxygens (including phenoxy) is 1. The molecule has 0 heterocycles. The van der Waals surface area contributed by atoms with Crippen LogP contribution in [0, 0.1) is 10.1 Å². The molecule has 7 heteroatoms. The van der Waals surface area contributed by atoms with Gasteiger partial charge < -0.3 is 10.1 Å². The summed E-state index contributed by atoms with van der Waals surface area (Å²) >= 11 is 5.92. The molecule has 0 radical (unpaired) electrons. The molecule has 1 N–H and O–H groups in total. The molecule has 0 spiro atoms. The Labute approximate surface area is 144 Å². The standard InChI is InChI=1S/C17H17ClN2O4/c1-11(2)12-3-6-14(7-4-12)24-10-17(21)19-16-8-5-13(20(22)23)9-15(16)18/h3-9,11H,10H2,1-2H3,(H,19,21). The van der Waals surface area contributed by atoms with Crippen molar-refractivity contribution >= 4 is 28.9 Å². The van der Waals surface area contributed by atoms with Gasteiger partial charge in [-0.15, -0.1) is 0 Å². The van der Waals surface area contributed by atoms with Crippen LogP contribution < -0.4 is 10.1 Å². The van der Waals surface area contributed by atoms with Crippen LogP contribution >= 0.6 is 11.6 Å². The highest BCUT2D eigenvalue weighted by Gasteiger charge is 2.12. The van der Waals surface area contributed by atoms with Gasteiger partial charge in [0.25, 0.3) is 11.6 Å². The van der Waals surface area contributed by atoms with Crippen LogP contribution in [-0.2, 0) is 4.79 Å². The first-order chi connectivity index (χ1) is 11.4. The molecule has 24 heavy (non-hydrogen) atoms. The second kappa shape index (κ2) is 7.79. The van der Waals surface area contributed by atoms with Crippen LogP contribution in [0.1, 0.15) is 25.3 Å². The van der Waals surface area contributed by atoms with E-state index in [0.717, 1.165) is 0 Å². The summed E-state index contributed by atoms with van der Waals surface area (Å²) in [5.41, 5.74) is 1.34. The third kappa shape index (κ3) is 4.70. The van der Waals surface area contributed by atoms with E-state index < -0.39 is 10.8 Å². The van der Waals surface area contributed by atoms with E-state index in [1.54, 1.807) is 0 Å². The summed E-state index contributed by atoms with van der Waals surface area (Å²) in [5, 5.41) is 13.3. The zero-order valence-corrected chi connectivity index (χ0v) is 14.0. The molecule has 0 unspecified atom stereocenters. The van der Waals surface area contributed by atoms with Crippen LogP contribution in [0.25, 0.3) is 0 Å². The van der Waals surface area contributed by atoms with Crippen LogP contribution in [0.3, 0.4) is 0 Å². The Kier molecular flexibility index (Phi) is 5.76. The number of nitro groups is 1. The summed E-state index contributed by atoms with van der Waals surface area (Å²) in [4.78, 5) is 22.0.